The van der Waals surface area contributed by atoms with Gasteiger partial charge in [-0.05, 0) is 36.2 Å². The summed E-state index contributed by atoms with van der Waals surface area (Å²) in [6.45, 7) is 2.50. The van der Waals surface area contributed by atoms with Gasteiger partial charge < -0.3 is 9.67 Å². The second kappa shape index (κ2) is 6.35. The predicted octanol–water partition coefficient (Wildman–Crippen LogP) is 4.27. The number of halogens is 2. The van der Waals surface area contributed by atoms with Gasteiger partial charge in [0.2, 0.25) is 0 Å². The van der Waals surface area contributed by atoms with Crippen LogP contribution in [0.1, 0.15) is 37.0 Å². The maximum Gasteiger partial charge on any atom is 0.128 e. The van der Waals surface area contributed by atoms with Crippen LogP contribution in [0, 0.1) is 5.82 Å². The Morgan fingerprint density at radius 2 is 2.16 bits per heavy atom. The molecule has 0 saturated heterocycles. The Morgan fingerprint density at radius 3 is 2.89 bits per heavy atom. The van der Waals surface area contributed by atoms with Crippen molar-refractivity contribution in [2.45, 2.75) is 32.4 Å². The Bertz CT molecular complexity index is 553. The maximum atomic E-state index is 13.7. The molecule has 0 aliphatic rings. The summed E-state index contributed by atoms with van der Waals surface area (Å²) in [4.78, 5) is 0. The van der Waals surface area contributed by atoms with Crippen molar-refractivity contribution in [3.63, 3.8) is 0 Å². The van der Waals surface area contributed by atoms with E-state index in [2.05, 4.69) is 15.9 Å². The summed E-state index contributed by atoms with van der Waals surface area (Å²) in [5.74, 6) is -0.215. The molecule has 1 atom stereocenters. The van der Waals surface area contributed by atoms with Gasteiger partial charge in [0.1, 0.15) is 5.82 Å². The first-order valence-corrected chi connectivity index (χ1v) is 7.17. The Labute approximate surface area is 121 Å². The molecule has 2 rings (SSSR count). The third kappa shape index (κ3) is 3.67. The lowest BCUT2D eigenvalue weighted by Crippen LogP contribution is -2.00. The number of hydrogen-bond acceptors (Lipinski definition) is 1. The first-order valence-electron chi connectivity index (χ1n) is 6.38. The molecule has 1 aromatic carbocycles. The van der Waals surface area contributed by atoms with Crippen LogP contribution in [-0.4, -0.2) is 9.67 Å². The number of aliphatic hydroxyl groups excluding tert-OH is 1. The fourth-order valence-electron chi connectivity index (χ4n) is 2.06. The molecule has 4 heteroatoms. The third-order valence-electron chi connectivity index (χ3n) is 3.08. The molecule has 0 amide bonds. The zero-order chi connectivity index (χ0) is 13.8. The van der Waals surface area contributed by atoms with E-state index >= 15 is 0 Å². The summed E-state index contributed by atoms with van der Waals surface area (Å²) in [6.07, 6.45) is 5.00. The zero-order valence-electron chi connectivity index (χ0n) is 10.8. The lowest BCUT2D eigenvalue weighted by Gasteiger charge is -2.07. The van der Waals surface area contributed by atoms with Gasteiger partial charge in [-0.1, -0.05) is 29.3 Å². The van der Waals surface area contributed by atoms with Crippen molar-refractivity contribution in [2.75, 3.05) is 0 Å². The van der Waals surface area contributed by atoms with Gasteiger partial charge in [0.15, 0.2) is 0 Å². The second-order valence-corrected chi connectivity index (χ2v) is 5.57. The maximum absolute atomic E-state index is 13.7. The fraction of sp³-hybridized carbons (Fsp3) is 0.333. The quantitative estimate of drug-likeness (QED) is 0.872. The fourth-order valence-corrected chi connectivity index (χ4v) is 2.46. The van der Waals surface area contributed by atoms with Crippen LogP contribution in [0.3, 0.4) is 0 Å². The zero-order valence-corrected chi connectivity index (χ0v) is 12.4. The largest absolute Gasteiger partial charge is 0.388 e. The van der Waals surface area contributed by atoms with Crippen LogP contribution in [0.2, 0.25) is 0 Å². The standard InChI is InChI=1S/C15H17BrFNO/c1-2-3-15(19)11-6-7-18(9-11)10-12-8-13(16)4-5-14(12)17/h4-9,15,19H,2-3,10H2,1H3. The van der Waals surface area contributed by atoms with Crippen molar-refractivity contribution in [3.05, 3.63) is 58.1 Å². The number of aliphatic hydroxyl groups is 1. The highest BCUT2D eigenvalue weighted by Gasteiger charge is 2.09. The molecule has 2 aromatic rings. The van der Waals surface area contributed by atoms with Crippen molar-refractivity contribution in [2.24, 2.45) is 0 Å². The first kappa shape index (κ1) is 14.3. The van der Waals surface area contributed by atoms with Crippen molar-refractivity contribution >= 4 is 15.9 Å². The molecule has 0 aliphatic heterocycles. The highest BCUT2D eigenvalue weighted by molar-refractivity contribution is 9.10. The summed E-state index contributed by atoms with van der Waals surface area (Å²) < 4.78 is 16.4. The topological polar surface area (TPSA) is 25.2 Å². The Kier molecular flexibility index (Phi) is 4.77. The van der Waals surface area contributed by atoms with Crippen LogP contribution < -0.4 is 0 Å². The minimum Gasteiger partial charge on any atom is -0.388 e. The Hall–Kier alpha value is -1.13. The molecule has 0 radical (unpaired) electrons. The van der Waals surface area contributed by atoms with E-state index in [0.717, 1.165) is 22.9 Å². The summed E-state index contributed by atoms with van der Waals surface area (Å²) in [7, 11) is 0. The van der Waals surface area contributed by atoms with Crippen LogP contribution in [0.4, 0.5) is 4.39 Å². The van der Waals surface area contributed by atoms with Gasteiger partial charge in [-0.3, -0.25) is 0 Å². The van der Waals surface area contributed by atoms with Crippen molar-refractivity contribution in [3.8, 4) is 0 Å². The average molecular weight is 326 g/mol. The summed E-state index contributed by atoms with van der Waals surface area (Å²) in [5, 5.41) is 9.90. The molecule has 1 aromatic heterocycles. The number of benzene rings is 1. The molecule has 0 aliphatic carbocycles. The monoisotopic (exact) mass is 325 g/mol. The number of aromatic nitrogens is 1. The lowest BCUT2D eigenvalue weighted by molar-refractivity contribution is 0.166. The van der Waals surface area contributed by atoms with Gasteiger partial charge in [-0.15, -0.1) is 0 Å². The molecule has 19 heavy (non-hydrogen) atoms. The van der Waals surface area contributed by atoms with Crippen LogP contribution in [0.25, 0.3) is 0 Å². The number of nitrogens with zero attached hydrogens (tertiary/aromatic N) is 1. The smallest absolute Gasteiger partial charge is 0.128 e. The molecular formula is C15H17BrFNO. The molecule has 2 nitrogen and oxygen atoms in total. The van der Waals surface area contributed by atoms with Gasteiger partial charge in [0.25, 0.3) is 0 Å². The van der Waals surface area contributed by atoms with Crippen LogP contribution in [0.15, 0.2) is 41.1 Å². The van der Waals surface area contributed by atoms with Gasteiger partial charge >= 0.3 is 0 Å². The lowest BCUT2D eigenvalue weighted by atomic mass is 10.1. The van der Waals surface area contributed by atoms with Crippen LogP contribution >= 0.6 is 15.9 Å². The highest BCUT2D eigenvalue weighted by Crippen LogP contribution is 2.20. The van der Waals surface area contributed by atoms with Gasteiger partial charge in [-0.25, -0.2) is 4.39 Å². The van der Waals surface area contributed by atoms with Crippen LogP contribution in [0.5, 0.6) is 0 Å². The molecule has 0 fully saturated rings. The van der Waals surface area contributed by atoms with Gasteiger partial charge in [-0.2, -0.15) is 0 Å². The van der Waals surface area contributed by atoms with E-state index in [1.165, 1.54) is 6.07 Å². The molecule has 0 bridgehead atoms. The molecule has 0 spiro atoms. The minimum absolute atomic E-state index is 0.215. The Balaban J connectivity index is 2.13. The SMILES string of the molecule is CCCC(O)c1ccn(Cc2cc(Br)ccc2F)c1. The van der Waals surface area contributed by atoms with Crippen molar-refractivity contribution < 1.29 is 9.50 Å². The first-order chi connectivity index (χ1) is 9.10. The third-order valence-corrected chi connectivity index (χ3v) is 3.57. The summed E-state index contributed by atoms with van der Waals surface area (Å²) in [6, 6.07) is 6.80. The van der Waals surface area contributed by atoms with E-state index in [1.54, 1.807) is 12.1 Å². The minimum atomic E-state index is -0.432. The molecule has 1 N–H and O–H groups in total. The predicted molar refractivity (Wildman–Crippen MR) is 77.5 cm³/mol. The summed E-state index contributed by atoms with van der Waals surface area (Å²) in [5.41, 5.74) is 1.51. The average Bonchev–Trinajstić information content (AvgIpc) is 2.83. The second-order valence-electron chi connectivity index (χ2n) is 4.66. The highest BCUT2D eigenvalue weighted by atomic mass is 79.9. The normalized spacial score (nSPS) is 12.6. The van der Waals surface area contributed by atoms with E-state index in [0.29, 0.717) is 12.1 Å². The summed E-state index contributed by atoms with van der Waals surface area (Å²) >= 11 is 3.34. The Morgan fingerprint density at radius 1 is 1.37 bits per heavy atom. The molecule has 1 heterocycles. The van der Waals surface area contributed by atoms with Crippen molar-refractivity contribution in [1.82, 2.24) is 4.57 Å². The van der Waals surface area contributed by atoms with Crippen LogP contribution in [-0.2, 0) is 6.54 Å². The van der Waals surface area contributed by atoms with E-state index < -0.39 is 6.10 Å². The van der Waals surface area contributed by atoms with Crippen molar-refractivity contribution in [1.29, 1.82) is 0 Å². The van der Waals surface area contributed by atoms with E-state index in [-0.39, 0.29) is 5.82 Å². The van der Waals surface area contributed by atoms with E-state index in [4.69, 9.17) is 0 Å². The molecular weight excluding hydrogens is 309 g/mol. The molecule has 102 valence electrons. The van der Waals surface area contributed by atoms with Gasteiger partial charge in [0.05, 0.1) is 6.10 Å². The molecule has 1 unspecified atom stereocenters. The van der Waals surface area contributed by atoms with E-state index in [1.807, 2.05) is 30.0 Å². The number of hydrogen-bond donors (Lipinski definition) is 1. The van der Waals surface area contributed by atoms with E-state index in [9.17, 15) is 9.50 Å². The van der Waals surface area contributed by atoms with Gasteiger partial charge in [0, 0.05) is 29.0 Å². The molecule has 0 saturated carbocycles. The number of rotatable bonds is 5.